The lowest BCUT2D eigenvalue weighted by atomic mass is 9.98. The van der Waals surface area contributed by atoms with Crippen LogP contribution < -0.4 is 5.32 Å². The molecular weight excluding hydrogens is 759 g/mol. The van der Waals surface area contributed by atoms with Crippen molar-refractivity contribution in [1.29, 1.82) is 0 Å². The van der Waals surface area contributed by atoms with Crippen LogP contribution in [0.15, 0.2) is 0 Å². The van der Waals surface area contributed by atoms with Crippen LogP contribution in [0.2, 0.25) is 0 Å². The maximum absolute atomic E-state index is 13.0. The second kappa shape index (κ2) is 40.9. The highest BCUT2D eigenvalue weighted by Crippen LogP contribution is 2.23. The molecule has 0 aromatic carbocycles. The third-order valence-electron chi connectivity index (χ3n) is 12.8. The molecule has 1 aliphatic heterocycles. The van der Waals surface area contributed by atoms with Crippen LogP contribution in [0.25, 0.3) is 0 Å². The number of carbonyl (C=O) groups excluding carboxylic acids is 1. The molecule has 2 unspecified atom stereocenters. The fourth-order valence-corrected chi connectivity index (χ4v) is 8.61. The van der Waals surface area contributed by atoms with Crippen molar-refractivity contribution < 1.29 is 44.9 Å². The van der Waals surface area contributed by atoms with Gasteiger partial charge in [-0.1, -0.05) is 232 Å². The van der Waals surface area contributed by atoms with Crippen molar-refractivity contribution in [2.75, 3.05) is 13.2 Å². The molecule has 0 aromatic rings. The van der Waals surface area contributed by atoms with E-state index in [2.05, 4.69) is 19.2 Å². The summed E-state index contributed by atoms with van der Waals surface area (Å²) in [5, 5.41) is 65.3. The third kappa shape index (κ3) is 30.3. The van der Waals surface area contributed by atoms with Gasteiger partial charge in [0.1, 0.15) is 30.5 Å². The fourth-order valence-electron chi connectivity index (χ4n) is 8.61. The van der Waals surface area contributed by atoms with Crippen LogP contribution >= 0.6 is 0 Å². The lowest BCUT2D eigenvalue weighted by Crippen LogP contribution is -2.60. The Bertz CT molecular complexity index is 926. The summed E-state index contributed by atoms with van der Waals surface area (Å²) >= 11 is 0. The summed E-state index contributed by atoms with van der Waals surface area (Å²) in [6.45, 7) is 3.63. The predicted octanol–water partition coefficient (Wildman–Crippen LogP) is 10.5. The van der Waals surface area contributed by atoms with Gasteiger partial charge in [-0.05, 0) is 12.8 Å². The van der Waals surface area contributed by atoms with Crippen molar-refractivity contribution >= 4 is 5.91 Å². The number of nitrogens with one attached hydrogen (secondary N) is 1. The van der Waals surface area contributed by atoms with Gasteiger partial charge in [0.15, 0.2) is 6.29 Å². The number of hydrogen-bond acceptors (Lipinski definition) is 9. The van der Waals surface area contributed by atoms with E-state index in [-0.39, 0.29) is 18.9 Å². The Morgan fingerprint density at radius 1 is 0.517 bits per heavy atom. The normalized spacial score (nSPS) is 21.0. The van der Waals surface area contributed by atoms with Gasteiger partial charge in [-0.15, -0.1) is 0 Å². The van der Waals surface area contributed by atoms with E-state index in [1.54, 1.807) is 0 Å². The summed E-state index contributed by atoms with van der Waals surface area (Å²) in [6.07, 6.45) is 35.5. The zero-order valence-electron chi connectivity index (χ0n) is 39.1. The largest absolute Gasteiger partial charge is 0.394 e. The molecule has 1 aliphatic rings. The van der Waals surface area contributed by atoms with E-state index in [9.17, 15) is 35.4 Å². The van der Waals surface area contributed by atoms with Crippen LogP contribution in [0.1, 0.15) is 251 Å². The summed E-state index contributed by atoms with van der Waals surface area (Å²) < 4.78 is 11.2. The van der Waals surface area contributed by atoms with Crippen LogP contribution in [0.4, 0.5) is 0 Å². The van der Waals surface area contributed by atoms with Gasteiger partial charge in [0.05, 0.1) is 25.4 Å². The SMILES string of the molecule is CCCCCCCCCCCCCCCCCCCCCCCCCC(=O)N[C@@H](CO[C@H]1OC(CO)[C@H](O)[C@H](O)C1O)[C@H](O)[C@@H](O)CCCCCCCCCCCCCC. The van der Waals surface area contributed by atoms with Crippen molar-refractivity contribution in [2.24, 2.45) is 0 Å². The first-order chi connectivity index (χ1) is 29.3. The number of carbonyl (C=O) groups is 1. The molecule has 60 heavy (non-hydrogen) atoms. The van der Waals surface area contributed by atoms with E-state index >= 15 is 0 Å². The number of aliphatic hydroxyl groups excluding tert-OH is 6. The number of ether oxygens (including phenoxy) is 2. The van der Waals surface area contributed by atoms with E-state index in [1.807, 2.05) is 0 Å². The number of unbranched alkanes of at least 4 members (excludes halogenated alkanes) is 33. The Kier molecular flexibility index (Phi) is 39.0. The van der Waals surface area contributed by atoms with Gasteiger partial charge in [0.25, 0.3) is 0 Å². The molecule has 0 radical (unpaired) electrons. The molecule has 0 aromatic heterocycles. The fraction of sp³-hybridized carbons (Fsp3) is 0.980. The monoisotopic (exact) mass is 858 g/mol. The number of hydrogen-bond donors (Lipinski definition) is 7. The lowest BCUT2D eigenvalue weighted by Gasteiger charge is -2.40. The summed E-state index contributed by atoms with van der Waals surface area (Å²) in [5.74, 6) is -0.252. The minimum atomic E-state index is -1.60. The molecule has 10 nitrogen and oxygen atoms in total. The number of rotatable bonds is 44. The minimum Gasteiger partial charge on any atom is -0.394 e. The lowest BCUT2D eigenvalue weighted by molar-refractivity contribution is -0.303. The van der Waals surface area contributed by atoms with E-state index in [0.717, 1.165) is 38.5 Å². The van der Waals surface area contributed by atoms with Crippen molar-refractivity contribution in [3.8, 4) is 0 Å². The maximum Gasteiger partial charge on any atom is 0.220 e. The van der Waals surface area contributed by atoms with Crippen LogP contribution in [0.3, 0.4) is 0 Å². The molecule has 8 atom stereocenters. The van der Waals surface area contributed by atoms with Crippen molar-refractivity contribution in [1.82, 2.24) is 5.32 Å². The first kappa shape index (κ1) is 57.2. The molecule has 1 amide bonds. The molecule has 1 saturated heterocycles. The zero-order chi connectivity index (χ0) is 43.9. The van der Waals surface area contributed by atoms with Crippen molar-refractivity contribution in [3.05, 3.63) is 0 Å². The van der Waals surface area contributed by atoms with E-state index in [1.165, 1.54) is 186 Å². The first-order valence-corrected chi connectivity index (χ1v) is 25.8. The van der Waals surface area contributed by atoms with Gasteiger partial charge >= 0.3 is 0 Å². The molecule has 7 N–H and O–H groups in total. The summed E-state index contributed by atoms with van der Waals surface area (Å²) in [7, 11) is 0. The van der Waals surface area contributed by atoms with Crippen molar-refractivity contribution in [3.63, 3.8) is 0 Å². The van der Waals surface area contributed by atoms with E-state index in [4.69, 9.17) is 9.47 Å². The van der Waals surface area contributed by atoms with Gasteiger partial charge < -0.3 is 45.4 Å². The Morgan fingerprint density at radius 3 is 1.23 bits per heavy atom. The summed E-state index contributed by atoms with van der Waals surface area (Å²) in [6, 6.07) is -0.985. The van der Waals surface area contributed by atoms with Gasteiger partial charge in [0, 0.05) is 6.42 Å². The highest BCUT2D eigenvalue weighted by atomic mass is 16.7. The molecule has 0 bridgehead atoms. The highest BCUT2D eigenvalue weighted by Gasteiger charge is 2.44. The second-order valence-electron chi connectivity index (χ2n) is 18.5. The second-order valence-corrected chi connectivity index (χ2v) is 18.5. The zero-order valence-corrected chi connectivity index (χ0v) is 39.1. The van der Waals surface area contributed by atoms with E-state index < -0.39 is 55.6 Å². The Balaban J connectivity index is 2.26. The molecule has 10 heteroatoms. The van der Waals surface area contributed by atoms with Crippen LogP contribution in [0, 0.1) is 0 Å². The van der Waals surface area contributed by atoms with Crippen LogP contribution in [-0.4, -0.2) is 98.7 Å². The van der Waals surface area contributed by atoms with Crippen LogP contribution in [-0.2, 0) is 14.3 Å². The number of amides is 1. The van der Waals surface area contributed by atoms with Gasteiger partial charge in [0.2, 0.25) is 5.91 Å². The van der Waals surface area contributed by atoms with E-state index in [0.29, 0.717) is 6.42 Å². The molecule has 358 valence electrons. The predicted molar refractivity (Wildman–Crippen MR) is 246 cm³/mol. The average Bonchev–Trinajstić information content (AvgIpc) is 3.25. The molecule has 1 heterocycles. The quantitative estimate of drug-likeness (QED) is 0.0295. The molecule has 0 saturated carbocycles. The minimum absolute atomic E-state index is 0.252. The molecular formula is C50H99NO9. The Morgan fingerprint density at radius 2 is 0.867 bits per heavy atom. The maximum atomic E-state index is 13.0. The smallest absolute Gasteiger partial charge is 0.220 e. The standard InChI is InChI=1S/C50H99NO9/c1-3-5-7-9-11-13-15-17-18-19-20-21-22-23-24-25-26-27-29-31-33-35-37-39-45(54)51-42(41-59-50-49(58)48(57)47(56)44(40-52)60-50)46(55)43(53)38-36-34-32-30-28-16-14-12-10-8-6-4-2/h42-44,46-50,52-53,55-58H,3-41H2,1-2H3,(H,51,54)/t42-,43-,44?,46-,47-,48-,49?,50-/m0/s1. The van der Waals surface area contributed by atoms with Gasteiger partial charge in [-0.25, -0.2) is 0 Å². The molecule has 1 rings (SSSR count). The number of aliphatic hydroxyl groups is 6. The van der Waals surface area contributed by atoms with Crippen LogP contribution in [0.5, 0.6) is 0 Å². The molecule has 0 aliphatic carbocycles. The molecule has 1 fully saturated rings. The summed E-state index contributed by atoms with van der Waals surface area (Å²) in [4.78, 5) is 13.0. The molecule has 0 spiro atoms. The van der Waals surface area contributed by atoms with Gasteiger partial charge in [-0.3, -0.25) is 4.79 Å². The topological polar surface area (TPSA) is 169 Å². The summed E-state index contributed by atoms with van der Waals surface area (Å²) in [5.41, 5.74) is 0. The van der Waals surface area contributed by atoms with Gasteiger partial charge in [-0.2, -0.15) is 0 Å². The average molecular weight is 858 g/mol. The first-order valence-electron chi connectivity index (χ1n) is 25.8. The Hall–Kier alpha value is -0.850. The third-order valence-corrected chi connectivity index (χ3v) is 12.8. The Labute approximate surface area is 368 Å². The van der Waals surface area contributed by atoms with Crippen molar-refractivity contribution in [2.45, 2.75) is 300 Å². The highest BCUT2D eigenvalue weighted by molar-refractivity contribution is 5.76.